The topological polar surface area (TPSA) is 34.2 Å². The predicted molar refractivity (Wildman–Crippen MR) is 80.5 cm³/mol. The summed E-state index contributed by atoms with van der Waals surface area (Å²) in [7, 11) is 3.56. The number of hydrogen-bond acceptors (Lipinski definition) is 4. The van der Waals surface area contributed by atoms with Crippen LogP contribution in [0.15, 0.2) is 18.2 Å². The Labute approximate surface area is 122 Å². The summed E-state index contributed by atoms with van der Waals surface area (Å²) >= 11 is 8.02. The maximum atomic E-state index is 6.34. The number of ether oxygens (including phenoxy) is 1. The summed E-state index contributed by atoms with van der Waals surface area (Å²) in [6, 6.07) is 5.62. The minimum Gasteiger partial charge on any atom is -0.496 e. The summed E-state index contributed by atoms with van der Waals surface area (Å²) in [5, 5.41) is 4.96. The number of nitrogens with zero attached hydrogens (tertiary/aromatic N) is 1. The molecule has 2 aromatic rings. The zero-order valence-corrected chi connectivity index (χ0v) is 13.0. The summed E-state index contributed by atoms with van der Waals surface area (Å²) in [4.78, 5) is 5.84. The fourth-order valence-corrected chi connectivity index (χ4v) is 3.31. The molecule has 1 N–H and O–H groups in total. The lowest BCUT2D eigenvalue weighted by molar-refractivity contribution is 0.405. The van der Waals surface area contributed by atoms with Crippen LogP contribution in [0, 0.1) is 13.8 Å². The van der Waals surface area contributed by atoms with Crippen LogP contribution in [-0.2, 0) is 0 Å². The van der Waals surface area contributed by atoms with Gasteiger partial charge in [0, 0.05) is 15.5 Å². The van der Waals surface area contributed by atoms with Crippen LogP contribution in [0.1, 0.15) is 27.2 Å². The Bertz CT molecular complexity index is 563. The molecule has 0 aliphatic heterocycles. The maximum absolute atomic E-state index is 6.34. The van der Waals surface area contributed by atoms with Gasteiger partial charge in [0.05, 0.1) is 18.8 Å². The monoisotopic (exact) mass is 296 g/mol. The van der Waals surface area contributed by atoms with Gasteiger partial charge in [0.2, 0.25) is 0 Å². The Hall–Kier alpha value is -1.10. The van der Waals surface area contributed by atoms with Gasteiger partial charge in [-0.05, 0) is 33.0 Å². The maximum Gasteiger partial charge on any atom is 0.125 e. The second-order valence-corrected chi connectivity index (χ2v) is 5.91. The summed E-state index contributed by atoms with van der Waals surface area (Å²) in [5.41, 5.74) is 1.99. The minimum absolute atomic E-state index is 0.0546. The number of rotatable bonds is 4. The third-order valence-electron chi connectivity index (χ3n) is 3.10. The molecule has 0 aliphatic carbocycles. The average Bonchev–Trinajstić information content (AvgIpc) is 2.72. The van der Waals surface area contributed by atoms with E-state index in [9.17, 15) is 0 Å². The first kappa shape index (κ1) is 14.3. The van der Waals surface area contributed by atoms with Crippen molar-refractivity contribution in [1.82, 2.24) is 10.3 Å². The molecule has 0 aliphatic rings. The van der Waals surface area contributed by atoms with Crippen LogP contribution in [-0.4, -0.2) is 19.1 Å². The molecule has 1 atom stereocenters. The van der Waals surface area contributed by atoms with E-state index in [4.69, 9.17) is 16.3 Å². The highest BCUT2D eigenvalue weighted by Gasteiger charge is 2.23. The fraction of sp³-hybridized carbons (Fsp3) is 0.357. The molecule has 0 radical (unpaired) electrons. The molecular formula is C14H17ClN2OS. The van der Waals surface area contributed by atoms with Gasteiger partial charge in [0.15, 0.2) is 0 Å². The van der Waals surface area contributed by atoms with Gasteiger partial charge < -0.3 is 10.1 Å². The number of halogens is 1. The molecule has 2 rings (SSSR count). The quantitative estimate of drug-likeness (QED) is 0.933. The van der Waals surface area contributed by atoms with E-state index in [-0.39, 0.29) is 6.04 Å². The van der Waals surface area contributed by atoms with E-state index in [0.29, 0.717) is 5.02 Å². The lowest BCUT2D eigenvalue weighted by Crippen LogP contribution is -2.18. The first-order chi connectivity index (χ1) is 9.08. The molecule has 102 valence electrons. The predicted octanol–water partition coefficient (Wildman–Crippen LogP) is 3.73. The lowest BCUT2D eigenvalue weighted by Gasteiger charge is -2.18. The molecule has 1 unspecified atom stereocenters. The van der Waals surface area contributed by atoms with Crippen LogP contribution in [0.25, 0.3) is 0 Å². The van der Waals surface area contributed by atoms with Crippen molar-refractivity contribution >= 4 is 22.9 Å². The van der Waals surface area contributed by atoms with Crippen molar-refractivity contribution in [1.29, 1.82) is 0 Å². The molecule has 3 nitrogen and oxygen atoms in total. The Kier molecular flexibility index (Phi) is 4.45. The van der Waals surface area contributed by atoms with Crippen LogP contribution in [0.4, 0.5) is 0 Å². The Morgan fingerprint density at radius 2 is 2.11 bits per heavy atom. The Morgan fingerprint density at radius 1 is 1.37 bits per heavy atom. The molecule has 5 heteroatoms. The second-order valence-electron chi connectivity index (χ2n) is 4.27. The van der Waals surface area contributed by atoms with Gasteiger partial charge in [-0.3, -0.25) is 0 Å². The van der Waals surface area contributed by atoms with Crippen molar-refractivity contribution in [2.24, 2.45) is 0 Å². The van der Waals surface area contributed by atoms with Crippen molar-refractivity contribution in [3.05, 3.63) is 44.4 Å². The van der Waals surface area contributed by atoms with Crippen molar-refractivity contribution in [3.63, 3.8) is 0 Å². The first-order valence-corrected chi connectivity index (χ1v) is 7.21. The molecule has 0 saturated carbocycles. The van der Waals surface area contributed by atoms with Gasteiger partial charge in [0.1, 0.15) is 10.8 Å². The third kappa shape index (κ3) is 2.76. The van der Waals surface area contributed by atoms with Gasteiger partial charge in [-0.25, -0.2) is 4.98 Å². The summed E-state index contributed by atoms with van der Waals surface area (Å²) in [6.07, 6.45) is 0. The average molecular weight is 297 g/mol. The van der Waals surface area contributed by atoms with Crippen LogP contribution in [0.3, 0.4) is 0 Å². The van der Waals surface area contributed by atoms with Crippen LogP contribution in [0.2, 0.25) is 5.02 Å². The van der Waals surface area contributed by atoms with E-state index in [2.05, 4.69) is 17.2 Å². The molecular weight excluding hydrogens is 280 g/mol. The van der Waals surface area contributed by atoms with Gasteiger partial charge in [-0.2, -0.15) is 0 Å². The van der Waals surface area contributed by atoms with Gasteiger partial charge in [-0.1, -0.05) is 17.7 Å². The van der Waals surface area contributed by atoms with E-state index >= 15 is 0 Å². The molecule has 1 heterocycles. The summed E-state index contributed by atoms with van der Waals surface area (Å²) in [6.45, 7) is 4.10. The lowest BCUT2D eigenvalue weighted by atomic mass is 10.1. The minimum atomic E-state index is -0.0546. The summed E-state index contributed by atoms with van der Waals surface area (Å²) in [5.74, 6) is 0.775. The zero-order valence-electron chi connectivity index (χ0n) is 11.5. The zero-order chi connectivity index (χ0) is 14.0. The largest absolute Gasteiger partial charge is 0.496 e. The number of aryl methyl sites for hydroxylation is 2. The van der Waals surface area contributed by atoms with Crippen LogP contribution < -0.4 is 10.1 Å². The van der Waals surface area contributed by atoms with Gasteiger partial charge >= 0.3 is 0 Å². The third-order valence-corrected chi connectivity index (χ3v) is 4.57. The number of nitrogens with one attached hydrogen (secondary N) is 1. The second kappa shape index (κ2) is 5.90. The summed E-state index contributed by atoms with van der Waals surface area (Å²) < 4.78 is 5.42. The van der Waals surface area contributed by atoms with E-state index in [0.717, 1.165) is 22.0 Å². The van der Waals surface area contributed by atoms with Gasteiger partial charge in [0.25, 0.3) is 0 Å². The number of benzene rings is 1. The molecule has 1 aromatic heterocycles. The fourth-order valence-electron chi connectivity index (χ4n) is 1.99. The Balaban J connectivity index is 2.53. The molecule has 0 saturated heterocycles. The van der Waals surface area contributed by atoms with E-state index in [1.54, 1.807) is 18.4 Å². The molecule has 1 aromatic carbocycles. The molecule has 0 fully saturated rings. The smallest absolute Gasteiger partial charge is 0.125 e. The number of thiazole rings is 1. The highest BCUT2D eigenvalue weighted by atomic mass is 35.5. The molecule has 0 bridgehead atoms. The van der Waals surface area contributed by atoms with Gasteiger partial charge in [-0.15, -0.1) is 11.3 Å². The standard InChI is InChI=1S/C14H17ClN2OS/c1-8-9(2)19-14(17-8)13(16-3)12-10(15)6-5-7-11(12)18-4/h5-7,13,16H,1-4H3. The number of methoxy groups -OCH3 is 1. The number of aromatic nitrogens is 1. The van der Waals surface area contributed by atoms with Crippen molar-refractivity contribution in [2.75, 3.05) is 14.2 Å². The van der Waals surface area contributed by atoms with Crippen molar-refractivity contribution in [2.45, 2.75) is 19.9 Å². The molecule has 19 heavy (non-hydrogen) atoms. The van der Waals surface area contributed by atoms with Crippen molar-refractivity contribution < 1.29 is 4.74 Å². The van der Waals surface area contributed by atoms with E-state index in [1.165, 1.54) is 4.88 Å². The molecule has 0 spiro atoms. The van der Waals surface area contributed by atoms with Crippen molar-refractivity contribution in [3.8, 4) is 5.75 Å². The van der Waals surface area contributed by atoms with E-state index < -0.39 is 0 Å². The first-order valence-electron chi connectivity index (χ1n) is 6.02. The SMILES string of the molecule is CNC(c1nc(C)c(C)s1)c1c(Cl)cccc1OC. The highest BCUT2D eigenvalue weighted by molar-refractivity contribution is 7.11. The highest BCUT2D eigenvalue weighted by Crippen LogP contribution is 2.37. The number of hydrogen-bond donors (Lipinski definition) is 1. The van der Waals surface area contributed by atoms with E-state index in [1.807, 2.05) is 32.2 Å². The normalized spacial score (nSPS) is 12.5. The Morgan fingerprint density at radius 3 is 2.63 bits per heavy atom. The molecule has 0 amide bonds. The van der Waals surface area contributed by atoms with Crippen LogP contribution in [0.5, 0.6) is 5.75 Å². The van der Waals surface area contributed by atoms with Crippen LogP contribution >= 0.6 is 22.9 Å².